The lowest BCUT2D eigenvalue weighted by atomic mass is 10.1. The highest BCUT2D eigenvalue weighted by molar-refractivity contribution is 7.89. The summed E-state index contributed by atoms with van der Waals surface area (Å²) in [5, 5.41) is 2.72. The second-order valence-electron chi connectivity index (χ2n) is 7.58. The fourth-order valence-electron chi connectivity index (χ4n) is 3.68. The van der Waals surface area contributed by atoms with Crippen molar-refractivity contribution in [1.29, 1.82) is 0 Å². The van der Waals surface area contributed by atoms with Gasteiger partial charge in [0.25, 0.3) is 5.91 Å². The predicted octanol–water partition coefficient (Wildman–Crippen LogP) is 3.69. The molecule has 1 heterocycles. The molecule has 0 saturated carbocycles. The Morgan fingerprint density at radius 2 is 1.78 bits per heavy atom. The Labute approximate surface area is 188 Å². The molecule has 9 heteroatoms. The van der Waals surface area contributed by atoms with E-state index in [2.05, 4.69) is 5.32 Å². The second-order valence-corrected chi connectivity index (χ2v) is 9.44. The van der Waals surface area contributed by atoms with Gasteiger partial charge in [-0.3, -0.25) is 4.79 Å². The number of nitrogens with zero attached hydrogens (tertiary/aromatic N) is 1. The van der Waals surface area contributed by atoms with Gasteiger partial charge in [0, 0.05) is 23.8 Å². The molecule has 2 aromatic rings. The Balaban J connectivity index is 1.84. The third-order valence-corrected chi connectivity index (χ3v) is 7.44. The van der Waals surface area contributed by atoms with Gasteiger partial charge in [0.15, 0.2) is 0 Å². The number of sulfonamides is 1. The van der Waals surface area contributed by atoms with E-state index >= 15 is 0 Å². The summed E-state index contributed by atoms with van der Waals surface area (Å²) in [5.74, 6) is -0.722. The molecule has 1 saturated heterocycles. The summed E-state index contributed by atoms with van der Waals surface area (Å²) in [6.45, 7) is 4.33. The Morgan fingerprint density at radius 3 is 2.41 bits per heavy atom. The monoisotopic (exact) mass is 460 g/mol. The topological polar surface area (TPSA) is 102 Å². The van der Waals surface area contributed by atoms with Crippen molar-refractivity contribution in [1.82, 2.24) is 4.31 Å². The molecule has 3 rings (SSSR count). The maximum absolute atomic E-state index is 13.3. The van der Waals surface area contributed by atoms with E-state index in [0.29, 0.717) is 17.8 Å². The van der Waals surface area contributed by atoms with Crippen LogP contribution in [-0.2, 0) is 14.8 Å². The van der Waals surface area contributed by atoms with Crippen LogP contribution in [0.15, 0.2) is 47.4 Å². The Hall–Kier alpha value is -2.91. The van der Waals surface area contributed by atoms with Crippen LogP contribution in [0.1, 0.15) is 53.8 Å². The first-order valence-corrected chi connectivity index (χ1v) is 12.0. The molecule has 172 valence electrons. The lowest BCUT2D eigenvalue weighted by Crippen LogP contribution is -2.42. The van der Waals surface area contributed by atoms with Crippen molar-refractivity contribution in [3.8, 4) is 5.75 Å². The van der Waals surface area contributed by atoms with Crippen molar-refractivity contribution in [3.05, 3.63) is 53.6 Å². The molecular weight excluding hydrogens is 432 g/mol. The summed E-state index contributed by atoms with van der Waals surface area (Å²) >= 11 is 0. The van der Waals surface area contributed by atoms with Crippen LogP contribution >= 0.6 is 0 Å². The molecule has 1 fully saturated rings. The van der Waals surface area contributed by atoms with Gasteiger partial charge in [0.05, 0.1) is 19.3 Å². The number of amides is 1. The molecule has 1 atom stereocenters. The maximum atomic E-state index is 13.3. The Morgan fingerprint density at radius 1 is 1.09 bits per heavy atom. The Bertz CT molecular complexity index is 1080. The fraction of sp³-hybridized carbons (Fsp3) is 0.391. The van der Waals surface area contributed by atoms with Crippen LogP contribution in [-0.4, -0.2) is 50.9 Å². The van der Waals surface area contributed by atoms with E-state index in [9.17, 15) is 18.0 Å². The van der Waals surface area contributed by atoms with Crippen LogP contribution in [0.3, 0.4) is 0 Å². The molecule has 1 aliphatic heterocycles. The number of benzene rings is 2. The highest BCUT2D eigenvalue weighted by atomic mass is 32.2. The number of ether oxygens (including phenoxy) is 2. The van der Waals surface area contributed by atoms with Gasteiger partial charge in [-0.1, -0.05) is 6.42 Å². The van der Waals surface area contributed by atoms with Gasteiger partial charge < -0.3 is 14.8 Å². The van der Waals surface area contributed by atoms with Crippen LogP contribution in [0.4, 0.5) is 5.69 Å². The SMILES string of the molecule is CCOC(=O)c1ccc(NC(=O)c2ccc(OC)c(S(=O)(=O)N3CCCC[C@@H]3C)c2)cc1. The van der Waals surface area contributed by atoms with E-state index in [-0.39, 0.29) is 28.9 Å². The number of esters is 1. The van der Waals surface area contributed by atoms with Crippen molar-refractivity contribution < 1.29 is 27.5 Å². The lowest BCUT2D eigenvalue weighted by Gasteiger charge is -2.32. The van der Waals surface area contributed by atoms with Crippen molar-refractivity contribution in [2.24, 2.45) is 0 Å². The molecule has 0 bridgehead atoms. The summed E-state index contributed by atoms with van der Waals surface area (Å²) in [6, 6.07) is 10.5. The van der Waals surface area contributed by atoms with Crippen LogP contribution in [0.5, 0.6) is 5.75 Å². The quantitative estimate of drug-likeness (QED) is 0.633. The highest BCUT2D eigenvalue weighted by Gasteiger charge is 2.33. The minimum absolute atomic E-state index is 0.0286. The lowest BCUT2D eigenvalue weighted by molar-refractivity contribution is 0.0526. The van der Waals surface area contributed by atoms with Crippen LogP contribution < -0.4 is 10.1 Å². The highest BCUT2D eigenvalue weighted by Crippen LogP contribution is 2.32. The first-order valence-electron chi connectivity index (χ1n) is 10.6. The fourth-order valence-corrected chi connectivity index (χ4v) is 5.56. The van der Waals surface area contributed by atoms with E-state index in [0.717, 1.165) is 19.3 Å². The van der Waals surface area contributed by atoms with Crippen LogP contribution in [0, 0.1) is 0 Å². The molecule has 0 spiro atoms. The molecule has 1 aliphatic rings. The third kappa shape index (κ3) is 5.11. The van der Waals surface area contributed by atoms with Gasteiger partial charge in [0.1, 0.15) is 10.6 Å². The number of methoxy groups -OCH3 is 1. The average Bonchev–Trinajstić information content (AvgIpc) is 2.79. The van der Waals surface area contributed by atoms with Crippen molar-refractivity contribution in [2.75, 3.05) is 25.6 Å². The van der Waals surface area contributed by atoms with Crippen LogP contribution in [0.25, 0.3) is 0 Å². The smallest absolute Gasteiger partial charge is 0.338 e. The molecule has 0 aromatic heterocycles. The molecule has 32 heavy (non-hydrogen) atoms. The zero-order valence-corrected chi connectivity index (χ0v) is 19.3. The number of hydrogen-bond donors (Lipinski definition) is 1. The number of piperidine rings is 1. The number of nitrogens with one attached hydrogen (secondary N) is 1. The first-order chi connectivity index (χ1) is 15.3. The van der Waals surface area contributed by atoms with E-state index < -0.39 is 21.9 Å². The Kier molecular flexibility index (Phi) is 7.52. The molecule has 1 N–H and O–H groups in total. The molecule has 0 aliphatic carbocycles. The van der Waals surface area contributed by atoms with Gasteiger partial charge >= 0.3 is 5.97 Å². The van der Waals surface area contributed by atoms with E-state index in [4.69, 9.17) is 9.47 Å². The van der Waals surface area contributed by atoms with Gasteiger partial charge in [-0.15, -0.1) is 0 Å². The minimum Gasteiger partial charge on any atom is -0.495 e. The van der Waals surface area contributed by atoms with Gasteiger partial charge in [0.2, 0.25) is 10.0 Å². The summed E-state index contributed by atoms with van der Waals surface area (Å²) in [4.78, 5) is 24.5. The average molecular weight is 461 g/mol. The van der Waals surface area contributed by atoms with Gasteiger partial charge in [-0.25, -0.2) is 13.2 Å². The molecule has 2 aromatic carbocycles. The second kappa shape index (κ2) is 10.1. The van der Waals surface area contributed by atoms with E-state index in [1.807, 2.05) is 6.92 Å². The minimum atomic E-state index is -3.83. The summed E-state index contributed by atoms with van der Waals surface area (Å²) in [6.07, 6.45) is 2.58. The number of rotatable bonds is 7. The molecule has 0 unspecified atom stereocenters. The van der Waals surface area contributed by atoms with Gasteiger partial charge in [-0.2, -0.15) is 4.31 Å². The molecular formula is C23H28N2O6S. The number of anilines is 1. The molecule has 1 amide bonds. The number of carbonyl (C=O) groups is 2. The number of carbonyl (C=O) groups excluding carboxylic acids is 2. The van der Waals surface area contributed by atoms with E-state index in [1.165, 1.54) is 29.6 Å². The molecule has 0 radical (unpaired) electrons. The summed E-state index contributed by atoms with van der Waals surface area (Å²) < 4.78 is 38.4. The number of hydrogen-bond acceptors (Lipinski definition) is 6. The predicted molar refractivity (Wildman–Crippen MR) is 121 cm³/mol. The van der Waals surface area contributed by atoms with E-state index in [1.54, 1.807) is 31.2 Å². The summed E-state index contributed by atoms with van der Waals surface area (Å²) in [7, 11) is -2.42. The summed E-state index contributed by atoms with van der Waals surface area (Å²) in [5.41, 5.74) is 1.02. The third-order valence-electron chi connectivity index (χ3n) is 5.41. The van der Waals surface area contributed by atoms with Crippen molar-refractivity contribution in [3.63, 3.8) is 0 Å². The van der Waals surface area contributed by atoms with Crippen molar-refractivity contribution in [2.45, 2.75) is 44.0 Å². The maximum Gasteiger partial charge on any atom is 0.338 e. The zero-order chi connectivity index (χ0) is 23.3. The molecule has 8 nitrogen and oxygen atoms in total. The standard InChI is InChI=1S/C23H28N2O6S/c1-4-31-23(27)17-8-11-19(12-9-17)24-22(26)18-10-13-20(30-3)21(15-18)32(28,29)25-14-6-5-7-16(25)2/h8-13,15-16H,4-7,14H2,1-3H3,(H,24,26)/t16-/m0/s1. The normalized spacial score (nSPS) is 16.9. The zero-order valence-electron chi connectivity index (χ0n) is 18.5. The first kappa shape index (κ1) is 23.7. The van der Waals surface area contributed by atoms with Crippen molar-refractivity contribution >= 4 is 27.6 Å². The largest absolute Gasteiger partial charge is 0.495 e. The van der Waals surface area contributed by atoms with Gasteiger partial charge in [-0.05, 0) is 69.2 Å². The van der Waals surface area contributed by atoms with Crippen LogP contribution in [0.2, 0.25) is 0 Å².